The highest BCUT2D eigenvalue weighted by Crippen LogP contribution is 2.33. The largest absolute Gasteiger partial charge is 0.377 e. The molecule has 2 atom stereocenters. The van der Waals surface area contributed by atoms with Crippen LogP contribution in [0.2, 0.25) is 5.15 Å². The highest BCUT2D eigenvalue weighted by atomic mass is 35.5. The van der Waals surface area contributed by atoms with Crippen LogP contribution in [0.1, 0.15) is 29.6 Å². The SMILES string of the molecule is Cc1sc2nc(CN(C)C3CCOC3C)nc(Cl)c2c1C. The average Bonchev–Trinajstić information content (AvgIpc) is 2.94. The van der Waals surface area contributed by atoms with E-state index in [2.05, 4.69) is 37.7 Å². The van der Waals surface area contributed by atoms with Gasteiger partial charge in [-0.25, -0.2) is 9.97 Å². The molecule has 3 rings (SSSR count). The van der Waals surface area contributed by atoms with Gasteiger partial charge in [-0.3, -0.25) is 4.90 Å². The molecule has 0 radical (unpaired) electrons. The zero-order valence-corrected chi connectivity index (χ0v) is 14.4. The Bertz CT molecular complexity index is 672. The average molecular weight is 326 g/mol. The van der Waals surface area contributed by atoms with Crippen LogP contribution in [-0.2, 0) is 11.3 Å². The maximum Gasteiger partial charge on any atom is 0.145 e. The lowest BCUT2D eigenvalue weighted by molar-refractivity contribution is 0.0806. The minimum atomic E-state index is 0.264. The van der Waals surface area contributed by atoms with Crippen LogP contribution in [0, 0.1) is 13.8 Å². The summed E-state index contributed by atoms with van der Waals surface area (Å²) in [6, 6.07) is 0.426. The first-order valence-corrected chi connectivity index (χ1v) is 8.40. The number of nitrogens with zero attached hydrogens (tertiary/aromatic N) is 3. The van der Waals surface area contributed by atoms with Gasteiger partial charge in [0.1, 0.15) is 15.8 Å². The lowest BCUT2D eigenvalue weighted by atomic mass is 10.1. The number of fused-ring (bicyclic) bond motifs is 1. The molecular weight excluding hydrogens is 306 g/mol. The van der Waals surface area contributed by atoms with Gasteiger partial charge < -0.3 is 4.74 Å². The van der Waals surface area contributed by atoms with Crippen LogP contribution < -0.4 is 0 Å². The molecule has 0 bridgehead atoms. The normalized spacial score (nSPS) is 22.6. The van der Waals surface area contributed by atoms with Crippen LogP contribution in [0.4, 0.5) is 0 Å². The maximum absolute atomic E-state index is 6.36. The number of thiophene rings is 1. The lowest BCUT2D eigenvalue weighted by Crippen LogP contribution is -2.36. The van der Waals surface area contributed by atoms with Gasteiger partial charge in [-0.15, -0.1) is 11.3 Å². The first kappa shape index (κ1) is 15.2. The van der Waals surface area contributed by atoms with Crippen molar-refractivity contribution in [1.82, 2.24) is 14.9 Å². The van der Waals surface area contributed by atoms with Crippen molar-refractivity contribution in [3.8, 4) is 0 Å². The Morgan fingerprint density at radius 3 is 2.81 bits per heavy atom. The van der Waals surface area contributed by atoms with E-state index in [1.165, 1.54) is 10.4 Å². The molecule has 114 valence electrons. The second-order valence-corrected chi connectivity index (χ2v) is 7.30. The summed E-state index contributed by atoms with van der Waals surface area (Å²) >= 11 is 8.05. The van der Waals surface area contributed by atoms with Crippen molar-refractivity contribution in [2.45, 2.75) is 45.9 Å². The molecule has 1 saturated heterocycles. The predicted molar refractivity (Wildman–Crippen MR) is 87.2 cm³/mol. The summed E-state index contributed by atoms with van der Waals surface area (Å²) in [5.74, 6) is 0.787. The maximum atomic E-state index is 6.36. The fraction of sp³-hybridized carbons (Fsp3) is 0.600. The lowest BCUT2D eigenvalue weighted by Gasteiger charge is -2.25. The summed E-state index contributed by atoms with van der Waals surface area (Å²) in [6.07, 6.45) is 1.32. The number of aromatic nitrogens is 2. The van der Waals surface area contributed by atoms with Gasteiger partial charge in [-0.1, -0.05) is 11.6 Å². The molecular formula is C15H20ClN3OS. The van der Waals surface area contributed by atoms with Gasteiger partial charge in [-0.2, -0.15) is 0 Å². The van der Waals surface area contributed by atoms with Crippen molar-refractivity contribution in [3.05, 3.63) is 21.4 Å². The Kier molecular flexibility index (Phi) is 4.19. The monoisotopic (exact) mass is 325 g/mol. The summed E-state index contributed by atoms with van der Waals surface area (Å²) in [6.45, 7) is 7.83. The predicted octanol–water partition coefficient (Wildman–Crippen LogP) is 3.57. The van der Waals surface area contributed by atoms with Crippen molar-refractivity contribution in [2.75, 3.05) is 13.7 Å². The topological polar surface area (TPSA) is 38.2 Å². The molecule has 0 amide bonds. The number of rotatable bonds is 3. The summed E-state index contributed by atoms with van der Waals surface area (Å²) in [4.78, 5) is 13.7. The summed E-state index contributed by atoms with van der Waals surface area (Å²) in [7, 11) is 2.10. The summed E-state index contributed by atoms with van der Waals surface area (Å²) in [5, 5.41) is 1.57. The number of ether oxygens (including phenoxy) is 1. The van der Waals surface area contributed by atoms with Gasteiger partial charge in [0.05, 0.1) is 18.0 Å². The van der Waals surface area contributed by atoms with Crippen LogP contribution in [0.5, 0.6) is 0 Å². The third kappa shape index (κ3) is 2.80. The summed E-state index contributed by atoms with van der Waals surface area (Å²) < 4.78 is 5.63. The molecule has 0 spiro atoms. The van der Waals surface area contributed by atoms with Crippen molar-refractivity contribution < 1.29 is 4.74 Å². The van der Waals surface area contributed by atoms with E-state index in [4.69, 9.17) is 21.3 Å². The van der Waals surface area contributed by atoms with E-state index in [1.54, 1.807) is 11.3 Å². The molecule has 3 heterocycles. The van der Waals surface area contributed by atoms with E-state index in [1.807, 2.05) is 0 Å². The van der Waals surface area contributed by atoms with Gasteiger partial charge in [0, 0.05) is 17.5 Å². The molecule has 0 aromatic carbocycles. The van der Waals surface area contributed by atoms with E-state index in [0.29, 0.717) is 17.7 Å². The molecule has 1 aliphatic rings. The van der Waals surface area contributed by atoms with Crippen molar-refractivity contribution >= 4 is 33.2 Å². The standard InChI is InChI=1S/C15H20ClN3OS/c1-8-10(3)21-15-13(8)14(16)17-12(18-15)7-19(4)11-5-6-20-9(11)2/h9,11H,5-7H2,1-4H3. The van der Waals surface area contributed by atoms with Crippen LogP contribution in [-0.4, -0.2) is 40.7 Å². The van der Waals surface area contributed by atoms with Crippen LogP contribution in [0.15, 0.2) is 0 Å². The van der Waals surface area contributed by atoms with Gasteiger partial charge in [-0.05, 0) is 39.8 Å². The molecule has 2 aromatic heterocycles. The third-order valence-electron chi connectivity index (χ3n) is 4.32. The number of hydrogen-bond donors (Lipinski definition) is 0. The molecule has 2 unspecified atom stereocenters. The van der Waals surface area contributed by atoms with Crippen molar-refractivity contribution in [2.24, 2.45) is 0 Å². The van der Waals surface area contributed by atoms with Crippen LogP contribution in [0.25, 0.3) is 10.2 Å². The number of aryl methyl sites for hydroxylation is 2. The van der Waals surface area contributed by atoms with Crippen LogP contribution >= 0.6 is 22.9 Å². The van der Waals surface area contributed by atoms with E-state index in [0.717, 1.165) is 29.1 Å². The zero-order valence-electron chi connectivity index (χ0n) is 12.8. The number of likely N-dealkylation sites (N-methyl/N-ethyl adjacent to an activating group) is 1. The van der Waals surface area contributed by atoms with Crippen molar-refractivity contribution in [1.29, 1.82) is 0 Å². The Morgan fingerprint density at radius 1 is 1.38 bits per heavy atom. The Morgan fingerprint density at radius 2 is 2.14 bits per heavy atom. The second kappa shape index (κ2) is 5.80. The van der Waals surface area contributed by atoms with E-state index in [9.17, 15) is 0 Å². The quantitative estimate of drug-likeness (QED) is 0.809. The fourth-order valence-electron chi connectivity index (χ4n) is 2.95. The Hall–Kier alpha value is -0.750. The number of hydrogen-bond acceptors (Lipinski definition) is 5. The molecule has 1 fully saturated rings. The molecule has 0 N–H and O–H groups in total. The zero-order chi connectivity index (χ0) is 15.1. The molecule has 21 heavy (non-hydrogen) atoms. The number of halogens is 1. The van der Waals surface area contributed by atoms with Gasteiger partial charge in [0.15, 0.2) is 0 Å². The molecule has 2 aromatic rings. The minimum Gasteiger partial charge on any atom is -0.377 e. The smallest absolute Gasteiger partial charge is 0.145 e. The van der Waals surface area contributed by atoms with Crippen LogP contribution in [0.3, 0.4) is 0 Å². The van der Waals surface area contributed by atoms with Gasteiger partial charge in [0.2, 0.25) is 0 Å². The minimum absolute atomic E-state index is 0.264. The molecule has 0 saturated carbocycles. The Balaban J connectivity index is 1.87. The first-order valence-electron chi connectivity index (χ1n) is 7.21. The third-order valence-corrected chi connectivity index (χ3v) is 5.70. The fourth-order valence-corrected chi connectivity index (χ4v) is 4.39. The second-order valence-electron chi connectivity index (χ2n) is 5.74. The molecule has 6 heteroatoms. The Labute approximate surface area is 134 Å². The van der Waals surface area contributed by atoms with Gasteiger partial charge in [0.25, 0.3) is 0 Å². The molecule has 4 nitrogen and oxygen atoms in total. The highest BCUT2D eigenvalue weighted by Gasteiger charge is 2.28. The summed E-state index contributed by atoms with van der Waals surface area (Å²) in [5.41, 5.74) is 1.19. The molecule has 1 aliphatic heterocycles. The molecule has 0 aliphatic carbocycles. The van der Waals surface area contributed by atoms with Gasteiger partial charge >= 0.3 is 0 Å². The van der Waals surface area contributed by atoms with E-state index in [-0.39, 0.29) is 6.10 Å². The van der Waals surface area contributed by atoms with E-state index >= 15 is 0 Å². The highest BCUT2D eigenvalue weighted by molar-refractivity contribution is 7.18. The first-order chi connectivity index (χ1) is 9.97. The van der Waals surface area contributed by atoms with E-state index < -0.39 is 0 Å². The van der Waals surface area contributed by atoms with Crippen molar-refractivity contribution in [3.63, 3.8) is 0 Å².